The van der Waals surface area contributed by atoms with Gasteiger partial charge in [-0.1, -0.05) is 27.6 Å². The monoisotopic (exact) mass is 396 g/mol. The molecule has 0 aliphatic carbocycles. The summed E-state index contributed by atoms with van der Waals surface area (Å²) in [5.74, 6) is 0.842. The smallest absolute Gasteiger partial charge is 0.129 e. The average Bonchev–Trinajstić information content (AvgIpc) is 2.95. The van der Waals surface area contributed by atoms with Crippen LogP contribution in [0.1, 0.15) is 37.7 Å². The lowest BCUT2D eigenvalue weighted by Crippen LogP contribution is -2.15. The molecular formula is C18H21ClN2O2S2. The number of furan rings is 1. The molecule has 0 amide bonds. The minimum absolute atomic E-state index is 0.348. The van der Waals surface area contributed by atoms with Crippen LogP contribution < -0.4 is 0 Å². The molecule has 0 aliphatic heterocycles. The predicted octanol–water partition coefficient (Wildman–Crippen LogP) is 6.48. The molecule has 1 aromatic carbocycles. The highest BCUT2D eigenvalue weighted by molar-refractivity contribution is 8.82. The maximum absolute atomic E-state index is 6.25. The Labute approximate surface area is 161 Å². The normalized spacial score (nSPS) is 12.8. The Balaban J connectivity index is 2.32. The quantitative estimate of drug-likeness (QED) is 0.251. The molecular weight excluding hydrogens is 376 g/mol. The Hall–Kier alpha value is -1.37. The number of nitrogens with zero attached hydrogens (tertiary/aromatic N) is 2. The third-order valence-electron chi connectivity index (χ3n) is 2.98. The molecule has 0 saturated carbocycles. The molecule has 1 heterocycles. The van der Waals surface area contributed by atoms with Crippen molar-refractivity contribution in [2.24, 2.45) is 10.1 Å². The minimum atomic E-state index is -0.348. The van der Waals surface area contributed by atoms with Crippen LogP contribution in [0.2, 0.25) is 5.02 Å². The second-order valence-corrected chi connectivity index (χ2v) is 9.00. The number of oxime groups is 1. The van der Waals surface area contributed by atoms with E-state index in [0.717, 1.165) is 27.6 Å². The Morgan fingerprint density at radius 2 is 2.04 bits per heavy atom. The van der Waals surface area contributed by atoms with Gasteiger partial charge in [0.25, 0.3) is 0 Å². The summed E-state index contributed by atoms with van der Waals surface area (Å²) < 4.78 is 5.40. The van der Waals surface area contributed by atoms with E-state index in [1.807, 2.05) is 58.2 Å². The van der Waals surface area contributed by atoms with E-state index in [9.17, 15) is 0 Å². The molecule has 7 heteroatoms. The van der Waals surface area contributed by atoms with E-state index >= 15 is 0 Å². The van der Waals surface area contributed by atoms with Crippen LogP contribution in [0.3, 0.4) is 0 Å². The van der Waals surface area contributed by atoms with Crippen molar-refractivity contribution in [1.29, 1.82) is 0 Å². The molecule has 0 aliphatic rings. The van der Waals surface area contributed by atoms with Crippen LogP contribution >= 0.6 is 33.2 Å². The van der Waals surface area contributed by atoms with Gasteiger partial charge >= 0.3 is 0 Å². The summed E-state index contributed by atoms with van der Waals surface area (Å²) >= 11 is 6.25. The van der Waals surface area contributed by atoms with Crippen molar-refractivity contribution in [2.75, 3.05) is 6.26 Å². The number of benzene rings is 1. The van der Waals surface area contributed by atoms with Crippen molar-refractivity contribution < 1.29 is 9.25 Å². The maximum Gasteiger partial charge on any atom is 0.129 e. The fourth-order valence-electron chi connectivity index (χ4n) is 1.87. The third-order valence-corrected chi connectivity index (χ3v) is 4.93. The number of halogens is 1. The van der Waals surface area contributed by atoms with Crippen LogP contribution in [-0.4, -0.2) is 23.1 Å². The van der Waals surface area contributed by atoms with E-state index in [4.69, 9.17) is 25.8 Å². The molecule has 0 atom stereocenters. The van der Waals surface area contributed by atoms with Crippen molar-refractivity contribution in [3.8, 4) is 0 Å². The maximum atomic E-state index is 6.25. The molecule has 0 bridgehead atoms. The van der Waals surface area contributed by atoms with Crippen molar-refractivity contribution in [1.82, 2.24) is 0 Å². The van der Waals surface area contributed by atoms with Crippen LogP contribution in [0.5, 0.6) is 0 Å². The zero-order valence-electron chi connectivity index (χ0n) is 14.9. The van der Waals surface area contributed by atoms with Crippen LogP contribution in [0, 0.1) is 6.92 Å². The average molecular weight is 397 g/mol. The fraction of sp³-hybridized carbons (Fsp3) is 0.333. The Bertz CT molecular complexity index is 780. The van der Waals surface area contributed by atoms with Crippen LogP contribution in [0.15, 0.2) is 45.1 Å². The van der Waals surface area contributed by atoms with Crippen molar-refractivity contribution in [3.63, 3.8) is 0 Å². The number of rotatable bonds is 5. The molecule has 0 radical (unpaired) electrons. The third kappa shape index (κ3) is 6.13. The lowest BCUT2D eigenvalue weighted by Gasteiger charge is -2.14. The Morgan fingerprint density at radius 3 is 2.64 bits per heavy atom. The van der Waals surface area contributed by atoms with Gasteiger partial charge in [0.15, 0.2) is 0 Å². The summed E-state index contributed by atoms with van der Waals surface area (Å²) in [6.45, 7) is 7.74. The van der Waals surface area contributed by atoms with Gasteiger partial charge in [-0.15, -0.1) is 0 Å². The molecule has 2 aromatic rings. The molecule has 0 spiro atoms. The van der Waals surface area contributed by atoms with Gasteiger partial charge in [-0.2, -0.15) is 0 Å². The van der Waals surface area contributed by atoms with E-state index in [2.05, 4.69) is 5.16 Å². The number of aryl methyl sites for hydroxylation is 1. The van der Waals surface area contributed by atoms with Crippen molar-refractivity contribution >= 4 is 50.1 Å². The van der Waals surface area contributed by atoms with Gasteiger partial charge in [-0.25, -0.2) is 4.99 Å². The number of aliphatic imine (C=N–C) groups is 1. The Kier molecular flexibility index (Phi) is 7.04. The molecule has 25 heavy (non-hydrogen) atoms. The molecule has 0 unspecified atom stereocenters. The first-order valence-corrected chi connectivity index (χ1v) is 10.6. The first kappa shape index (κ1) is 19.9. The molecule has 134 valence electrons. The molecule has 0 fully saturated rings. The highest BCUT2D eigenvalue weighted by Gasteiger charge is 2.12. The summed E-state index contributed by atoms with van der Waals surface area (Å²) in [6.07, 6.45) is 5.29. The van der Waals surface area contributed by atoms with E-state index in [-0.39, 0.29) is 5.60 Å². The molecule has 4 nitrogen and oxygen atoms in total. The minimum Gasteiger partial charge on any atom is -0.469 e. The van der Waals surface area contributed by atoms with E-state index < -0.39 is 0 Å². The summed E-state index contributed by atoms with van der Waals surface area (Å²) in [5.41, 5.74) is 2.18. The van der Waals surface area contributed by atoms with E-state index in [1.54, 1.807) is 34.1 Å². The molecule has 0 N–H and O–H groups in total. The lowest BCUT2D eigenvalue weighted by atomic mass is 10.2. The van der Waals surface area contributed by atoms with Gasteiger partial charge in [0.05, 0.1) is 18.2 Å². The van der Waals surface area contributed by atoms with Gasteiger partial charge in [0.1, 0.15) is 16.4 Å². The number of hydrogen-bond acceptors (Lipinski definition) is 6. The summed E-state index contributed by atoms with van der Waals surface area (Å²) in [5, 5.41) is 5.49. The standard InChI is InChI=1S/C18H21ClN2O2S2/c1-12-15(8-9-22-12)17(25-24-5)21-14-6-7-16(19)13(10-14)11-20-23-18(2,3)4/h6-11H,1-5H3/b20-11+,21-17?. The second-order valence-electron chi connectivity index (χ2n) is 6.20. The highest BCUT2D eigenvalue weighted by atomic mass is 35.5. The summed E-state index contributed by atoms with van der Waals surface area (Å²) in [7, 11) is 3.22. The first-order valence-electron chi connectivity index (χ1n) is 7.65. The van der Waals surface area contributed by atoms with Crippen molar-refractivity contribution in [3.05, 3.63) is 52.4 Å². The van der Waals surface area contributed by atoms with Gasteiger partial charge in [-0.3, -0.25) is 0 Å². The van der Waals surface area contributed by atoms with Crippen LogP contribution in [0.4, 0.5) is 5.69 Å². The predicted molar refractivity (Wildman–Crippen MR) is 111 cm³/mol. The zero-order chi connectivity index (χ0) is 18.4. The lowest BCUT2D eigenvalue weighted by molar-refractivity contribution is 0.00199. The second kappa shape index (κ2) is 8.83. The molecule has 1 aromatic heterocycles. The van der Waals surface area contributed by atoms with Gasteiger partial charge in [-0.05, 0) is 69.0 Å². The van der Waals surface area contributed by atoms with E-state index in [1.165, 1.54) is 0 Å². The number of hydrogen-bond donors (Lipinski definition) is 0. The highest BCUT2D eigenvalue weighted by Crippen LogP contribution is 2.30. The molecule has 2 rings (SSSR count). The summed E-state index contributed by atoms with van der Waals surface area (Å²) in [6, 6.07) is 7.49. The largest absolute Gasteiger partial charge is 0.469 e. The van der Waals surface area contributed by atoms with E-state index in [0.29, 0.717) is 5.02 Å². The Morgan fingerprint density at radius 1 is 1.28 bits per heavy atom. The molecule has 0 saturated heterocycles. The fourth-order valence-corrected chi connectivity index (χ4v) is 3.49. The first-order chi connectivity index (χ1) is 11.8. The summed E-state index contributed by atoms with van der Waals surface area (Å²) in [4.78, 5) is 10.1. The zero-order valence-corrected chi connectivity index (χ0v) is 17.3. The SMILES string of the molecule is CSSC(=Nc1ccc(Cl)c(/C=N/OC(C)(C)C)c1)c1ccoc1C. The van der Waals surface area contributed by atoms with Crippen molar-refractivity contribution in [2.45, 2.75) is 33.3 Å². The van der Waals surface area contributed by atoms with Crippen LogP contribution in [-0.2, 0) is 4.84 Å². The van der Waals surface area contributed by atoms with Gasteiger partial charge in [0, 0.05) is 16.1 Å². The van der Waals surface area contributed by atoms with Crippen LogP contribution in [0.25, 0.3) is 0 Å². The van der Waals surface area contributed by atoms with Gasteiger partial charge in [0.2, 0.25) is 0 Å². The van der Waals surface area contributed by atoms with Gasteiger partial charge < -0.3 is 9.25 Å². The topological polar surface area (TPSA) is 47.1 Å².